The molecule has 1 aromatic carbocycles. The smallest absolute Gasteiger partial charge is 0.306 e. The largest absolute Gasteiger partial charge is 0.326 e. The number of aryl methyl sites for hydroxylation is 1. The Morgan fingerprint density at radius 3 is 3.00 bits per heavy atom. The maximum atomic E-state index is 12.1. The molecule has 1 aliphatic heterocycles. The van der Waals surface area contributed by atoms with Crippen molar-refractivity contribution in [1.29, 1.82) is 0 Å². The number of benzene rings is 1. The van der Waals surface area contributed by atoms with E-state index in [-0.39, 0.29) is 5.69 Å². The molecule has 0 saturated carbocycles. The summed E-state index contributed by atoms with van der Waals surface area (Å²) in [6.07, 6.45) is 1.18. The van der Waals surface area contributed by atoms with E-state index < -0.39 is 0 Å². The van der Waals surface area contributed by atoms with Gasteiger partial charge in [0.05, 0.1) is 11.0 Å². The van der Waals surface area contributed by atoms with Gasteiger partial charge >= 0.3 is 5.69 Å². The molecule has 0 amide bonds. The molecule has 0 aliphatic carbocycles. The van der Waals surface area contributed by atoms with Crippen LogP contribution in [0.25, 0.3) is 11.0 Å². The molecule has 1 fully saturated rings. The monoisotopic (exact) mass is 245 g/mol. The lowest BCUT2D eigenvalue weighted by Gasteiger charge is -2.12. The second-order valence-electron chi connectivity index (χ2n) is 5.43. The van der Waals surface area contributed by atoms with Crippen molar-refractivity contribution < 1.29 is 0 Å². The van der Waals surface area contributed by atoms with Crippen molar-refractivity contribution in [2.24, 2.45) is 5.92 Å². The fourth-order valence-electron chi connectivity index (χ4n) is 3.01. The average molecular weight is 245 g/mol. The molecular formula is C14H19N3O. The van der Waals surface area contributed by atoms with Crippen LogP contribution in [0.1, 0.15) is 12.0 Å². The van der Waals surface area contributed by atoms with Crippen LogP contribution >= 0.6 is 0 Å². The molecule has 4 heteroatoms. The van der Waals surface area contributed by atoms with Gasteiger partial charge in [-0.15, -0.1) is 0 Å². The number of hydrogen-bond acceptors (Lipinski definition) is 2. The zero-order valence-electron chi connectivity index (χ0n) is 10.9. The summed E-state index contributed by atoms with van der Waals surface area (Å²) in [5.74, 6) is 0.589. The zero-order valence-corrected chi connectivity index (χ0v) is 10.9. The number of H-pyrrole nitrogens is 1. The molecular weight excluding hydrogens is 226 g/mol. The van der Waals surface area contributed by atoms with E-state index in [1.54, 1.807) is 0 Å². The van der Waals surface area contributed by atoms with Crippen LogP contribution in [0.2, 0.25) is 0 Å². The van der Waals surface area contributed by atoms with Gasteiger partial charge in [0.1, 0.15) is 0 Å². The first-order chi connectivity index (χ1) is 8.65. The number of nitrogens with one attached hydrogen (secondary N) is 1. The van der Waals surface area contributed by atoms with E-state index in [4.69, 9.17) is 0 Å². The van der Waals surface area contributed by atoms with Gasteiger partial charge < -0.3 is 9.88 Å². The summed E-state index contributed by atoms with van der Waals surface area (Å²) >= 11 is 0. The van der Waals surface area contributed by atoms with Gasteiger partial charge in [0.25, 0.3) is 0 Å². The van der Waals surface area contributed by atoms with Gasteiger partial charge in [0.2, 0.25) is 0 Å². The Morgan fingerprint density at radius 2 is 2.28 bits per heavy atom. The number of aromatic amines is 1. The number of likely N-dealkylation sites (tertiary alicyclic amines) is 1. The molecule has 1 saturated heterocycles. The number of rotatable bonds is 2. The highest BCUT2D eigenvalue weighted by Gasteiger charge is 2.21. The summed E-state index contributed by atoms with van der Waals surface area (Å²) in [5, 5.41) is 0. The predicted octanol–water partition coefficient (Wildman–Crippen LogP) is 1.59. The fourth-order valence-corrected chi connectivity index (χ4v) is 3.01. The summed E-state index contributed by atoms with van der Waals surface area (Å²) in [6, 6.07) is 6.02. The van der Waals surface area contributed by atoms with E-state index in [9.17, 15) is 4.79 Å². The minimum Gasteiger partial charge on any atom is -0.306 e. The molecule has 2 aromatic rings. The Labute approximate surface area is 106 Å². The van der Waals surface area contributed by atoms with Crippen LogP contribution < -0.4 is 5.69 Å². The first-order valence-electron chi connectivity index (χ1n) is 6.52. The Morgan fingerprint density at radius 1 is 1.44 bits per heavy atom. The number of fused-ring (bicyclic) bond motifs is 1. The lowest BCUT2D eigenvalue weighted by molar-refractivity contribution is 0.378. The Bertz CT molecular complexity index is 625. The molecule has 2 heterocycles. The van der Waals surface area contributed by atoms with Crippen LogP contribution in [0.15, 0.2) is 23.0 Å². The summed E-state index contributed by atoms with van der Waals surface area (Å²) in [4.78, 5) is 17.3. The molecule has 0 radical (unpaired) electrons. The number of imidazole rings is 1. The predicted molar refractivity (Wildman–Crippen MR) is 72.9 cm³/mol. The highest BCUT2D eigenvalue weighted by atomic mass is 16.1. The van der Waals surface area contributed by atoms with Crippen molar-refractivity contribution in [3.63, 3.8) is 0 Å². The third-order valence-electron chi connectivity index (χ3n) is 3.92. The quantitative estimate of drug-likeness (QED) is 0.873. The van der Waals surface area contributed by atoms with Crippen molar-refractivity contribution in [2.45, 2.75) is 19.9 Å². The first kappa shape index (κ1) is 11.5. The fraction of sp³-hybridized carbons (Fsp3) is 0.500. The summed E-state index contributed by atoms with van der Waals surface area (Å²) in [7, 11) is 2.14. The van der Waals surface area contributed by atoms with E-state index in [0.29, 0.717) is 5.92 Å². The number of para-hydroxylation sites is 1. The highest BCUT2D eigenvalue weighted by Crippen LogP contribution is 2.20. The lowest BCUT2D eigenvalue weighted by atomic mass is 10.1. The van der Waals surface area contributed by atoms with Crippen molar-refractivity contribution in [3.05, 3.63) is 34.2 Å². The maximum absolute atomic E-state index is 12.1. The second kappa shape index (κ2) is 4.28. The Kier molecular flexibility index (Phi) is 2.74. The standard InChI is InChI=1S/C14H19N3O/c1-10-4-3-5-12-13(10)17(14(18)15-12)9-11-6-7-16(2)8-11/h3-5,11H,6-9H2,1-2H3,(H,15,18). The Balaban J connectivity index is 2.01. The third kappa shape index (κ3) is 1.86. The molecule has 1 aromatic heterocycles. The summed E-state index contributed by atoms with van der Waals surface area (Å²) in [5.41, 5.74) is 3.20. The molecule has 1 aliphatic rings. The van der Waals surface area contributed by atoms with Crippen LogP contribution in [-0.2, 0) is 6.54 Å². The van der Waals surface area contributed by atoms with Crippen LogP contribution in [0, 0.1) is 12.8 Å². The molecule has 1 atom stereocenters. The van der Waals surface area contributed by atoms with Gasteiger partial charge in [-0.05, 0) is 44.5 Å². The third-order valence-corrected chi connectivity index (χ3v) is 3.92. The van der Waals surface area contributed by atoms with E-state index in [2.05, 4.69) is 29.9 Å². The Hall–Kier alpha value is -1.55. The molecule has 96 valence electrons. The van der Waals surface area contributed by atoms with Gasteiger partial charge in [-0.1, -0.05) is 12.1 Å². The summed E-state index contributed by atoms with van der Waals surface area (Å²) in [6.45, 7) is 5.12. The molecule has 1 N–H and O–H groups in total. The minimum absolute atomic E-state index is 0.0221. The lowest BCUT2D eigenvalue weighted by Crippen LogP contribution is -2.23. The first-order valence-corrected chi connectivity index (χ1v) is 6.52. The molecule has 4 nitrogen and oxygen atoms in total. The van der Waals surface area contributed by atoms with Crippen LogP contribution in [0.3, 0.4) is 0 Å². The topological polar surface area (TPSA) is 41.0 Å². The zero-order chi connectivity index (χ0) is 12.7. The van der Waals surface area contributed by atoms with Crippen LogP contribution in [0.4, 0.5) is 0 Å². The van der Waals surface area contributed by atoms with Gasteiger partial charge in [0, 0.05) is 13.1 Å². The maximum Gasteiger partial charge on any atom is 0.326 e. The van der Waals surface area contributed by atoms with Crippen LogP contribution in [0.5, 0.6) is 0 Å². The molecule has 0 spiro atoms. The average Bonchev–Trinajstić information content (AvgIpc) is 2.85. The molecule has 18 heavy (non-hydrogen) atoms. The van der Waals surface area contributed by atoms with Gasteiger partial charge in [-0.25, -0.2) is 4.79 Å². The van der Waals surface area contributed by atoms with Gasteiger partial charge in [0.15, 0.2) is 0 Å². The second-order valence-corrected chi connectivity index (χ2v) is 5.43. The molecule has 0 bridgehead atoms. The van der Waals surface area contributed by atoms with Crippen molar-refractivity contribution in [3.8, 4) is 0 Å². The highest BCUT2D eigenvalue weighted by molar-refractivity contribution is 5.78. The van der Waals surface area contributed by atoms with Crippen LogP contribution in [-0.4, -0.2) is 34.6 Å². The van der Waals surface area contributed by atoms with E-state index in [0.717, 1.165) is 36.2 Å². The minimum atomic E-state index is 0.0221. The summed E-state index contributed by atoms with van der Waals surface area (Å²) < 4.78 is 1.91. The van der Waals surface area contributed by atoms with E-state index >= 15 is 0 Å². The number of nitrogens with zero attached hydrogens (tertiary/aromatic N) is 2. The number of hydrogen-bond donors (Lipinski definition) is 1. The van der Waals surface area contributed by atoms with E-state index in [1.165, 1.54) is 6.42 Å². The van der Waals surface area contributed by atoms with Gasteiger partial charge in [-0.2, -0.15) is 0 Å². The normalized spacial score (nSPS) is 20.9. The van der Waals surface area contributed by atoms with Gasteiger partial charge in [-0.3, -0.25) is 4.57 Å². The van der Waals surface area contributed by atoms with Crippen molar-refractivity contribution in [1.82, 2.24) is 14.5 Å². The number of aromatic nitrogens is 2. The van der Waals surface area contributed by atoms with Crippen molar-refractivity contribution >= 4 is 11.0 Å². The molecule has 3 rings (SSSR count). The SMILES string of the molecule is Cc1cccc2[nH]c(=O)n(CC3CCN(C)C3)c12. The molecule has 1 unspecified atom stereocenters. The van der Waals surface area contributed by atoms with Crippen molar-refractivity contribution in [2.75, 3.05) is 20.1 Å². The van der Waals surface area contributed by atoms with E-state index in [1.807, 2.05) is 16.7 Å².